The fraction of sp³-hybridized carbons (Fsp3) is 0.467. The van der Waals surface area contributed by atoms with Crippen LogP contribution >= 0.6 is 0 Å². The number of carboxylic acids is 2. The summed E-state index contributed by atoms with van der Waals surface area (Å²) in [5.41, 5.74) is 0.255. The number of rotatable bonds is 5. The molecule has 0 aliphatic carbocycles. The van der Waals surface area contributed by atoms with Crippen molar-refractivity contribution in [2.75, 3.05) is 0 Å². The molecule has 1 saturated heterocycles. The molecular weight excluding hydrogens is 340 g/mol. The van der Waals surface area contributed by atoms with Crippen molar-refractivity contribution in [2.45, 2.75) is 44.2 Å². The summed E-state index contributed by atoms with van der Waals surface area (Å²) < 4.78 is 10.4. The highest BCUT2D eigenvalue weighted by Crippen LogP contribution is 2.30. The molecule has 10 nitrogen and oxygen atoms in total. The number of aromatic carboxylic acids is 1. The quantitative estimate of drug-likeness (QED) is 0.362. The van der Waals surface area contributed by atoms with E-state index in [1.165, 1.54) is 13.0 Å². The van der Waals surface area contributed by atoms with Crippen molar-refractivity contribution in [3.05, 3.63) is 28.8 Å². The molecule has 1 heterocycles. The maximum atomic E-state index is 11.1. The van der Waals surface area contributed by atoms with E-state index in [0.29, 0.717) is 0 Å². The smallest absolute Gasteiger partial charge is 0.335 e. The molecule has 5 atom stereocenters. The maximum absolute atomic E-state index is 11.1. The molecule has 10 heteroatoms. The summed E-state index contributed by atoms with van der Waals surface area (Å²) in [5, 5.41) is 56.8. The number of hydrogen-bond acceptors (Lipinski definition) is 8. The molecule has 0 aromatic heterocycles. The first-order valence-corrected chi connectivity index (χ1v) is 7.24. The summed E-state index contributed by atoms with van der Waals surface area (Å²) in [6.07, 6.45) is -8.95. The van der Waals surface area contributed by atoms with Gasteiger partial charge in [0, 0.05) is 5.56 Å². The van der Waals surface area contributed by atoms with Crippen molar-refractivity contribution < 1.29 is 49.7 Å². The van der Waals surface area contributed by atoms with Crippen molar-refractivity contribution in [3.63, 3.8) is 0 Å². The van der Waals surface area contributed by atoms with Crippen LogP contribution in [0.2, 0.25) is 0 Å². The monoisotopic (exact) mass is 358 g/mol. The lowest BCUT2D eigenvalue weighted by atomic mass is 9.98. The molecule has 25 heavy (non-hydrogen) atoms. The Kier molecular flexibility index (Phi) is 5.60. The van der Waals surface area contributed by atoms with E-state index in [4.69, 9.17) is 19.7 Å². The molecule has 0 bridgehead atoms. The fourth-order valence-electron chi connectivity index (χ4n) is 2.52. The predicted molar refractivity (Wildman–Crippen MR) is 79.0 cm³/mol. The topological polar surface area (TPSA) is 174 Å². The van der Waals surface area contributed by atoms with Crippen LogP contribution < -0.4 is 4.74 Å². The minimum Gasteiger partial charge on any atom is -0.479 e. The van der Waals surface area contributed by atoms with Crippen LogP contribution in [0.15, 0.2) is 12.1 Å². The van der Waals surface area contributed by atoms with E-state index in [9.17, 15) is 30.0 Å². The minimum absolute atomic E-state index is 0.0238. The molecule has 0 saturated carbocycles. The van der Waals surface area contributed by atoms with E-state index >= 15 is 0 Å². The van der Waals surface area contributed by atoms with Gasteiger partial charge < -0.3 is 40.1 Å². The number of carboxylic acid groups (broad SMARTS) is 2. The van der Waals surface area contributed by atoms with E-state index < -0.39 is 49.3 Å². The zero-order chi connectivity index (χ0) is 18.9. The minimum atomic E-state index is -1.86. The third-order valence-electron chi connectivity index (χ3n) is 3.82. The highest BCUT2D eigenvalue weighted by molar-refractivity contribution is 5.88. The van der Waals surface area contributed by atoms with Crippen LogP contribution in [0.4, 0.5) is 0 Å². The largest absolute Gasteiger partial charge is 0.479 e. The van der Waals surface area contributed by atoms with Gasteiger partial charge in [0.25, 0.3) is 0 Å². The Morgan fingerprint density at radius 2 is 1.76 bits per heavy atom. The summed E-state index contributed by atoms with van der Waals surface area (Å²) >= 11 is 0. The predicted octanol–water partition coefficient (Wildman–Crippen LogP) is -1.54. The second-order valence-electron chi connectivity index (χ2n) is 5.60. The highest BCUT2D eigenvalue weighted by atomic mass is 16.7. The van der Waals surface area contributed by atoms with Gasteiger partial charge in [0.15, 0.2) is 6.10 Å². The molecule has 2 rings (SSSR count). The van der Waals surface area contributed by atoms with E-state index in [1.807, 2.05) is 0 Å². The number of carbonyl (C=O) groups is 2. The Morgan fingerprint density at radius 1 is 1.12 bits per heavy atom. The van der Waals surface area contributed by atoms with E-state index in [0.717, 1.165) is 6.07 Å². The van der Waals surface area contributed by atoms with Gasteiger partial charge in [-0.1, -0.05) is 0 Å². The van der Waals surface area contributed by atoms with Crippen molar-refractivity contribution in [1.82, 2.24) is 0 Å². The molecule has 1 aromatic carbocycles. The number of aliphatic hydroxyl groups excluding tert-OH is 4. The molecule has 1 aliphatic rings. The van der Waals surface area contributed by atoms with Crippen LogP contribution in [0, 0.1) is 6.92 Å². The number of benzene rings is 1. The van der Waals surface area contributed by atoms with Gasteiger partial charge in [-0.3, -0.25) is 0 Å². The standard InChI is InChI=1S/C15H18O10/c1-5-2-6(13(20)21)3-7(4-16)11(5)24-15-10(19)8(17)9(18)12(25-15)14(22)23/h2-3,8-10,12,15-19H,4H2,1H3,(H,20,21)(H,22,23)/t8-,9-,10+,12-,15+/m0/s1. The van der Waals surface area contributed by atoms with E-state index in [2.05, 4.69) is 0 Å². The SMILES string of the molecule is Cc1cc(C(=O)O)cc(CO)c1O[C@@H]1O[C@H](C(=O)O)[C@@H](O)[C@H](O)[C@H]1O. The maximum Gasteiger partial charge on any atom is 0.335 e. The lowest BCUT2D eigenvalue weighted by molar-refractivity contribution is -0.271. The van der Waals surface area contributed by atoms with Crippen LogP contribution in [0.3, 0.4) is 0 Å². The van der Waals surface area contributed by atoms with Gasteiger partial charge in [0.2, 0.25) is 6.29 Å². The molecule has 138 valence electrons. The molecule has 0 spiro atoms. The normalized spacial score (nSPS) is 29.2. The second-order valence-corrected chi connectivity index (χ2v) is 5.60. The lowest BCUT2D eigenvalue weighted by Crippen LogP contribution is -2.61. The Balaban J connectivity index is 2.34. The zero-order valence-corrected chi connectivity index (χ0v) is 13.1. The second kappa shape index (κ2) is 7.33. The first-order valence-electron chi connectivity index (χ1n) is 7.24. The van der Waals surface area contributed by atoms with Gasteiger partial charge in [-0.05, 0) is 24.6 Å². The Hall–Kier alpha value is -2.24. The molecule has 1 aliphatic heterocycles. The number of ether oxygens (including phenoxy) is 2. The summed E-state index contributed by atoms with van der Waals surface area (Å²) in [4.78, 5) is 22.1. The molecule has 0 radical (unpaired) electrons. The first kappa shape index (κ1) is 19.1. The van der Waals surface area contributed by atoms with Gasteiger partial charge in [-0.2, -0.15) is 0 Å². The molecule has 1 aromatic rings. The van der Waals surface area contributed by atoms with Gasteiger partial charge >= 0.3 is 11.9 Å². The number of hydrogen-bond donors (Lipinski definition) is 6. The Bertz CT molecular complexity index is 673. The number of aliphatic hydroxyl groups is 4. The van der Waals surface area contributed by atoms with Crippen molar-refractivity contribution in [1.29, 1.82) is 0 Å². The Labute approximate surface area is 141 Å². The molecule has 1 fully saturated rings. The highest BCUT2D eigenvalue weighted by Gasteiger charge is 2.48. The third kappa shape index (κ3) is 3.72. The first-order chi connectivity index (χ1) is 11.7. The van der Waals surface area contributed by atoms with E-state index in [1.54, 1.807) is 0 Å². The summed E-state index contributed by atoms with van der Waals surface area (Å²) in [6, 6.07) is 2.41. The average molecular weight is 358 g/mol. The zero-order valence-electron chi connectivity index (χ0n) is 13.1. The van der Waals surface area contributed by atoms with Crippen LogP contribution in [0.5, 0.6) is 5.75 Å². The van der Waals surface area contributed by atoms with Gasteiger partial charge in [0.05, 0.1) is 12.2 Å². The lowest BCUT2D eigenvalue weighted by Gasteiger charge is -2.38. The van der Waals surface area contributed by atoms with Gasteiger partial charge in [-0.25, -0.2) is 9.59 Å². The van der Waals surface area contributed by atoms with E-state index in [-0.39, 0.29) is 22.4 Å². The molecule has 0 unspecified atom stereocenters. The molecule has 0 amide bonds. The summed E-state index contributed by atoms with van der Waals surface area (Å²) in [5.74, 6) is -2.81. The van der Waals surface area contributed by atoms with Crippen LogP contribution in [0.25, 0.3) is 0 Å². The van der Waals surface area contributed by atoms with Crippen molar-refractivity contribution in [3.8, 4) is 5.75 Å². The molecule has 6 N–H and O–H groups in total. The van der Waals surface area contributed by atoms with Crippen molar-refractivity contribution >= 4 is 11.9 Å². The molecular formula is C15H18O10. The van der Waals surface area contributed by atoms with Gasteiger partial charge in [0.1, 0.15) is 24.1 Å². The third-order valence-corrected chi connectivity index (χ3v) is 3.82. The summed E-state index contributed by atoms with van der Waals surface area (Å²) in [6.45, 7) is 0.893. The van der Waals surface area contributed by atoms with Crippen LogP contribution in [-0.4, -0.2) is 73.3 Å². The average Bonchev–Trinajstić information content (AvgIpc) is 2.55. The van der Waals surface area contributed by atoms with Gasteiger partial charge in [-0.15, -0.1) is 0 Å². The van der Waals surface area contributed by atoms with Crippen LogP contribution in [0.1, 0.15) is 21.5 Å². The van der Waals surface area contributed by atoms with Crippen LogP contribution in [-0.2, 0) is 16.1 Å². The number of aryl methyl sites for hydroxylation is 1. The number of aliphatic carboxylic acids is 1. The summed E-state index contributed by atoms with van der Waals surface area (Å²) in [7, 11) is 0. The fourth-order valence-corrected chi connectivity index (χ4v) is 2.52. The Morgan fingerprint density at radius 3 is 2.28 bits per heavy atom. The van der Waals surface area contributed by atoms with Crippen molar-refractivity contribution in [2.24, 2.45) is 0 Å².